The topological polar surface area (TPSA) is 89.5 Å². The third-order valence-corrected chi connectivity index (χ3v) is 4.65. The lowest BCUT2D eigenvalue weighted by Gasteiger charge is -2.23. The summed E-state index contributed by atoms with van der Waals surface area (Å²) >= 11 is 0. The lowest BCUT2D eigenvalue weighted by Crippen LogP contribution is -2.15. The predicted octanol–water partition coefficient (Wildman–Crippen LogP) is 4.61. The number of carbonyl (C=O) groups is 1. The number of amides is 1. The molecule has 1 amide bonds. The second-order valence-electron chi connectivity index (χ2n) is 6.70. The van der Waals surface area contributed by atoms with Gasteiger partial charge in [-0.05, 0) is 48.5 Å². The summed E-state index contributed by atoms with van der Waals surface area (Å²) in [6, 6.07) is 18.0. The number of nitrogens with one attached hydrogen (secondary N) is 1. The number of hydrogen-bond acceptors (Lipinski definition) is 7. The first-order chi connectivity index (χ1) is 15.7. The van der Waals surface area contributed by atoms with Crippen LogP contribution in [0, 0.1) is 0 Å². The van der Waals surface area contributed by atoms with Crippen LogP contribution in [0.4, 0.5) is 23.0 Å². The fourth-order valence-corrected chi connectivity index (χ4v) is 3.14. The van der Waals surface area contributed by atoms with Crippen molar-refractivity contribution in [3.8, 4) is 11.5 Å². The summed E-state index contributed by atoms with van der Waals surface area (Å²) in [5.74, 6) is 1.28. The van der Waals surface area contributed by atoms with Gasteiger partial charge in [0.25, 0.3) is 5.91 Å². The molecular weight excluding hydrogens is 406 g/mol. The quantitative estimate of drug-likeness (QED) is 0.461. The van der Waals surface area contributed by atoms with E-state index in [-0.39, 0.29) is 5.91 Å². The van der Waals surface area contributed by atoms with Gasteiger partial charge in [-0.1, -0.05) is 6.07 Å². The third-order valence-electron chi connectivity index (χ3n) is 4.65. The molecule has 4 rings (SSSR count). The first kappa shape index (κ1) is 20.8. The highest BCUT2D eigenvalue weighted by Gasteiger charge is 2.16. The molecule has 0 spiro atoms. The van der Waals surface area contributed by atoms with Gasteiger partial charge in [0.1, 0.15) is 11.5 Å². The number of anilines is 4. The van der Waals surface area contributed by atoms with E-state index in [1.807, 2.05) is 41.3 Å². The maximum Gasteiger partial charge on any atom is 0.255 e. The van der Waals surface area contributed by atoms with Crippen molar-refractivity contribution >= 4 is 28.9 Å². The minimum absolute atomic E-state index is 0.286. The van der Waals surface area contributed by atoms with Gasteiger partial charge in [0.05, 0.1) is 25.6 Å². The highest BCUT2D eigenvalue weighted by Crippen LogP contribution is 2.33. The van der Waals surface area contributed by atoms with Gasteiger partial charge in [-0.3, -0.25) is 14.7 Å². The van der Waals surface area contributed by atoms with Crippen LogP contribution in [0.2, 0.25) is 0 Å². The molecule has 0 saturated heterocycles. The van der Waals surface area contributed by atoms with Crippen LogP contribution < -0.4 is 19.7 Å². The largest absolute Gasteiger partial charge is 0.497 e. The Labute approximate surface area is 185 Å². The summed E-state index contributed by atoms with van der Waals surface area (Å²) in [6.07, 6.45) is 6.76. The zero-order valence-electron chi connectivity index (χ0n) is 17.6. The van der Waals surface area contributed by atoms with Gasteiger partial charge < -0.3 is 14.8 Å². The summed E-state index contributed by atoms with van der Waals surface area (Å²) in [5.41, 5.74) is 2.66. The molecule has 0 aliphatic rings. The molecule has 0 fully saturated rings. The van der Waals surface area contributed by atoms with Gasteiger partial charge >= 0.3 is 0 Å². The number of ether oxygens (including phenoxy) is 2. The molecule has 1 N–H and O–H groups in total. The Kier molecular flexibility index (Phi) is 6.22. The van der Waals surface area contributed by atoms with E-state index in [0.29, 0.717) is 28.7 Å². The maximum atomic E-state index is 12.9. The Bertz CT molecular complexity index is 1140. The highest BCUT2D eigenvalue weighted by atomic mass is 16.5. The molecule has 0 aliphatic carbocycles. The molecule has 0 atom stereocenters. The van der Waals surface area contributed by atoms with Crippen LogP contribution in [-0.2, 0) is 0 Å². The van der Waals surface area contributed by atoms with Crippen molar-refractivity contribution in [3.63, 3.8) is 0 Å². The van der Waals surface area contributed by atoms with Gasteiger partial charge in [-0.25, -0.2) is 9.97 Å². The molecule has 0 bridgehead atoms. The minimum Gasteiger partial charge on any atom is -0.497 e. The summed E-state index contributed by atoms with van der Waals surface area (Å²) in [6.45, 7) is 0. The summed E-state index contributed by atoms with van der Waals surface area (Å²) < 4.78 is 10.5. The van der Waals surface area contributed by atoms with Crippen LogP contribution in [0.3, 0.4) is 0 Å². The molecule has 32 heavy (non-hydrogen) atoms. The van der Waals surface area contributed by atoms with Gasteiger partial charge in [0.15, 0.2) is 0 Å². The van der Waals surface area contributed by atoms with Crippen LogP contribution in [0.15, 0.2) is 85.5 Å². The van der Waals surface area contributed by atoms with E-state index in [1.165, 1.54) is 0 Å². The molecule has 8 nitrogen and oxygen atoms in total. The molecular formula is C24H21N5O3. The van der Waals surface area contributed by atoms with E-state index < -0.39 is 0 Å². The number of pyridine rings is 1. The lowest BCUT2D eigenvalue weighted by atomic mass is 10.1. The molecule has 160 valence electrons. The van der Waals surface area contributed by atoms with Gasteiger partial charge in [0.2, 0.25) is 5.95 Å². The van der Waals surface area contributed by atoms with E-state index in [4.69, 9.17) is 9.47 Å². The van der Waals surface area contributed by atoms with Gasteiger partial charge in [-0.15, -0.1) is 0 Å². The highest BCUT2D eigenvalue weighted by molar-refractivity contribution is 6.05. The van der Waals surface area contributed by atoms with E-state index >= 15 is 0 Å². The minimum atomic E-state index is -0.286. The average Bonchev–Trinajstić information content (AvgIpc) is 2.85. The Balaban J connectivity index is 1.66. The number of hydrogen-bond donors (Lipinski definition) is 1. The first-order valence-electron chi connectivity index (χ1n) is 9.79. The number of methoxy groups -OCH3 is 2. The molecule has 0 aliphatic heterocycles. The van der Waals surface area contributed by atoms with Crippen molar-refractivity contribution < 1.29 is 14.3 Å². The maximum absolute atomic E-state index is 12.9. The zero-order valence-corrected chi connectivity index (χ0v) is 17.6. The number of carbonyl (C=O) groups excluding carboxylic acids is 1. The Morgan fingerprint density at radius 3 is 2.16 bits per heavy atom. The van der Waals surface area contributed by atoms with E-state index in [1.54, 1.807) is 63.3 Å². The normalized spacial score (nSPS) is 10.3. The molecule has 2 heterocycles. The predicted molar refractivity (Wildman–Crippen MR) is 122 cm³/mol. The molecule has 2 aromatic heterocycles. The zero-order chi connectivity index (χ0) is 22.3. The number of benzene rings is 2. The summed E-state index contributed by atoms with van der Waals surface area (Å²) in [5, 5.41) is 2.93. The second-order valence-corrected chi connectivity index (χ2v) is 6.70. The number of aromatic nitrogens is 3. The molecule has 0 saturated carbocycles. The molecule has 0 unspecified atom stereocenters. The Morgan fingerprint density at radius 1 is 0.812 bits per heavy atom. The van der Waals surface area contributed by atoms with Crippen molar-refractivity contribution in [3.05, 3.63) is 91.0 Å². The van der Waals surface area contributed by atoms with Crippen LogP contribution in [0.1, 0.15) is 10.4 Å². The van der Waals surface area contributed by atoms with Crippen LogP contribution >= 0.6 is 0 Å². The van der Waals surface area contributed by atoms with Crippen molar-refractivity contribution in [1.29, 1.82) is 0 Å². The van der Waals surface area contributed by atoms with E-state index in [0.717, 1.165) is 11.4 Å². The smallest absolute Gasteiger partial charge is 0.255 e. The molecule has 0 radical (unpaired) electrons. The van der Waals surface area contributed by atoms with Crippen molar-refractivity contribution in [2.75, 3.05) is 24.4 Å². The fraction of sp³-hybridized carbons (Fsp3) is 0.0833. The first-order valence-corrected chi connectivity index (χ1v) is 9.79. The van der Waals surface area contributed by atoms with Crippen LogP contribution in [0.25, 0.3) is 0 Å². The second kappa shape index (κ2) is 9.57. The van der Waals surface area contributed by atoms with Crippen molar-refractivity contribution in [1.82, 2.24) is 15.0 Å². The van der Waals surface area contributed by atoms with Crippen molar-refractivity contribution in [2.24, 2.45) is 0 Å². The van der Waals surface area contributed by atoms with Gasteiger partial charge in [0, 0.05) is 42.1 Å². The van der Waals surface area contributed by atoms with E-state index in [2.05, 4.69) is 20.3 Å². The third kappa shape index (κ3) is 4.65. The van der Waals surface area contributed by atoms with Gasteiger partial charge in [-0.2, -0.15) is 0 Å². The monoisotopic (exact) mass is 427 g/mol. The van der Waals surface area contributed by atoms with Crippen molar-refractivity contribution in [2.45, 2.75) is 0 Å². The number of rotatable bonds is 7. The van der Waals surface area contributed by atoms with Crippen LogP contribution in [-0.4, -0.2) is 35.1 Å². The molecule has 8 heteroatoms. The average molecular weight is 427 g/mol. The molecule has 4 aromatic rings. The number of nitrogens with zero attached hydrogens (tertiary/aromatic N) is 4. The molecule has 2 aromatic carbocycles. The Hall–Kier alpha value is -4.46. The standard InChI is InChI=1S/C24H21N5O3/c1-31-21-13-17(14-22(16-21)32-2)23(30)28-18-5-3-6-20(15-18)29(19-7-11-25-12-8-19)24-26-9-4-10-27-24/h3-16H,1-2H3,(H,28,30). The summed E-state index contributed by atoms with van der Waals surface area (Å²) in [4.78, 5) is 27.6. The summed E-state index contributed by atoms with van der Waals surface area (Å²) in [7, 11) is 3.08. The van der Waals surface area contributed by atoms with E-state index in [9.17, 15) is 4.79 Å². The van der Waals surface area contributed by atoms with Crippen LogP contribution in [0.5, 0.6) is 11.5 Å². The SMILES string of the molecule is COc1cc(OC)cc(C(=O)Nc2cccc(N(c3ccncc3)c3ncccn3)c2)c1. The Morgan fingerprint density at radius 2 is 1.50 bits per heavy atom. The lowest BCUT2D eigenvalue weighted by molar-refractivity contribution is 0.102. The fourth-order valence-electron chi connectivity index (χ4n) is 3.14.